The molecule has 2 atom stereocenters. The number of ether oxygens (including phenoxy) is 1. The Morgan fingerprint density at radius 1 is 1.00 bits per heavy atom. The highest BCUT2D eigenvalue weighted by Gasteiger charge is 2.37. The first-order valence-electron chi connectivity index (χ1n) is 14.1. The molecule has 0 radical (unpaired) electrons. The lowest BCUT2D eigenvalue weighted by atomic mass is 9.81. The molecule has 0 bridgehead atoms. The molecular weight excluding hydrogens is 464 g/mol. The molecule has 1 saturated heterocycles. The topological polar surface area (TPSA) is 78.9 Å². The van der Waals surface area contributed by atoms with Crippen molar-refractivity contribution in [2.75, 3.05) is 19.7 Å². The number of nitrogens with one attached hydrogen (secondary N) is 1. The van der Waals surface area contributed by atoms with E-state index in [9.17, 15) is 14.7 Å². The number of fused-ring (bicyclic) bond motifs is 3. The Hall–Kier alpha value is -2.86. The molecule has 6 heteroatoms. The molecule has 6 nitrogen and oxygen atoms in total. The van der Waals surface area contributed by atoms with Crippen LogP contribution in [0.4, 0.5) is 4.79 Å². The van der Waals surface area contributed by atoms with Crippen LogP contribution in [0.25, 0.3) is 11.1 Å². The summed E-state index contributed by atoms with van der Waals surface area (Å²) < 4.78 is 5.64. The van der Waals surface area contributed by atoms with E-state index in [1.165, 1.54) is 19.3 Å². The van der Waals surface area contributed by atoms with Crippen LogP contribution < -0.4 is 5.32 Å². The van der Waals surface area contributed by atoms with Crippen molar-refractivity contribution in [3.05, 3.63) is 59.7 Å². The SMILES string of the molecule is CCCCC(CC)(CCC(NC(=O)OCC1c2ccccc2-c2ccccc21)C(=O)O)N1CCCCC1. The highest BCUT2D eigenvalue weighted by molar-refractivity contribution is 5.81. The van der Waals surface area contributed by atoms with Crippen molar-refractivity contribution in [3.8, 4) is 11.1 Å². The number of rotatable bonds is 12. The molecule has 2 aliphatic rings. The predicted octanol–water partition coefficient (Wildman–Crippen LogP) is 6.58. The van der Waals surface area contributed by atoms with Gasteiger partial charge in [-0.05, 0) is 73.9 Å². The zero-order valence-corrected chi connectivity index (χ0v) is 22.4. The average molecular weight is 507 g/mol. The summed E-state index contributed by atoms with van der Waals surface area (Å²) in [6.45, 7) is 6.76. The lowest BCUT2D eigenvalue weighted by molar-refractivity contribution is -0.139. The van der Waals surface area contributed by atoms with Crippen LogP contribution in [0, 0.1) is 0 Å². The number of carbonyl (C=O) groups is 2. The van der Waals surface area contributed by atoms with Crippen LogP contribution in [0.1, 0.15) is 88.7 Å². The maximum atomic E-state index is 12.8. The van der Waals surface area contributed by atoms with Gasteiger partial charge in [-0.15, -0.1) is 0 Å². The van der Waals surface area contributed by atoms with E-state index in [-0.39, 0.29) is 18.1 Å². The van der Waals surface area contributed by atoms with Crippen molar-refractivity contribution >= 4 is 12.1 Å². The molecule has 4 rings (SSSR count). The second kappa shape index (κ2) is 12.6. The van der Waals surface area contributed by atoms with Gasteiger partial charge in [0.2, 0.25) is 0 Å². The van der Waals surface area contributed by atoms with E-state index in [2.05, 4.69) is 48.3 Å². The number of amides is 1. The minimum absolute atomic E-state index is 0.00696. The fourth-order valence-electron chi connectivity index (χ4n) is 6.35. The summed E-state index contributed by atoms with van der Waals surface area (Å²) in [5.74, 6) is -1.06. The number of nitrogens with zero attached hydrogens (tertiary/aromatic N) is 1. The first-order chi connectivity index (χ1) is 18.0. The molecule has 2 unspecified atom stereocenters. The molecule has 0 saturated carbocycles. The Labute approximate surface area is 221 Å². The quantitative estimate of drug-likeness (QED) is 0.340. The molecule has 2 aromatic rings. The van der Waals surface area contributed by atoms with Crippen LogP contribution in [0.15, 0.2) is 48.5 Å². The number of hydrogen-bond donors (Lipinski definition) is 2. The summed E-state index contributed by atoms with van der Waals surface area (Å²) in [6.07, 6.45) is 8.47. The van der Waals surface area contributed by atoms with Crippen molar-refractivity contribution < 1.29 is 19.4 Å². The van der Waals surface area contributed by atoms with Gasteiger partial charge in [-0.1, -0.05) is 81.6 Å². The minimum Gasteiger partial charge on any atom is -0.480 e. The Morgan fingerprint density at radius 2 is 1.62 bits per heavy atom. The molecule has 1 fully saturated rings. The summed E-state index contributed by atoms with van der Waals surface area (Å²) in [5.41, 5.74) is 4.59. The first kappa shape index (κ1) is 27.2. The third-order valence-corrected chi connectivity index (χ3v) is 8.51. The van der Waals surface area contributed by atoms with Gasteiger partial charge >= 0.3 is 12.1 Å². The van der Waals surface area contributed by atoms with Crippen molar-refractivity contribution in [2.45, 2.75) is 89.1 Å². The Kier molecular flexibility index (Phi) is 9.25. The maximum Gasteiger partial charge on any atom is 0.407 e. The van der Waals surface area contributed by atoms with E-state index in [1.54, 1.807) is 0 Å². The van der Waals surface area contributed by atoms with Crippen LogP contribution in [0.2, 0.25) is 0 Å². The van der Waals surface area contributed by atoms with E-state index in [1.807, 2.05) is 24.3 Å². The standard InChI is InChI=1S/C31H42N2O4/c1-3-5-18-31(4-2,33-20-11-6-12-21-33)19-17-28(29(34)35)32-30(36)37-22-27-25-15-9-7-13-23(25)24-14-8-10-16-26(24)27/h7-10,13-16,27-28H,3-6,11-12,17-22H2,1-2H3,(H,32,36)(H,34,35). The fourth-order valence-corrected chi connectivity index (χ4v) is 6.35. The molecule has 0 aromatic heterocycles. The van der Waals surface area contributed by atoms with Crippen LogP contribution in [-0.2, 0) is 9.53 Å². The summed E-state index contributed by atoms with van der Waals surface area (Å²) in [4.78, 5) is 27.5. The number of carboxylic acids is 1. The van der Waals surface area contributed by atoms with E-state index in [4.69, 9.17) is 4.74 Å². The number of alkyl carbamates (subject to hydrolysis) is 1. The summed E-state index contributed by atoms with van der Waals surface area (Å²) >= 11 is 0. The van der Waals surface area contributed by atoms with Crippen molar-refractivity contribution in [2.24, 2.45) is 0 Å². The van der Waals surface area contributed by atoms with Crippen LogP contribution >= 0.6 is 0 Å². The lowest BCUT2D eigenvalue weighted by Crippen LogP contribution is -2.52. The number of aliphatic carboxylic acids is 1. The van der Waals surface area contributed by atoms with E-state index in [0.717, 1.165) is 67.4 Å². The third kappa shape index (κ3) is 6.18. The largest absolute Gasteiger partial charge is 0.480 e. The number of hydrogen-bond acceptors (Lipinski definition) is 4. The number of unbranched alkanes of at least 4 members (excludes halogenated alkanes) is 1. The normalized spacial score (nSPS) is 17.9. The van der Waals surface area contributed by atoms with Gasteiger partial charge in [0.25, 0.3) is 0 Å². The molecule has 200 valence electrons. The van der Waals surface area contributed by atoms with Gasteiger partial charge in [-0.3, -0.25) is 4.90 Å². The number of likely N-dealkylation sites (tertiary alicyclic amines) is 1. The summed E-state index contributed by atoms with van der Waals surface area (Å²) in [6, 6.07) is 15.4. The van der Waals surface area contributed by atoms with Crippen LogP contribution in [0.3, 0.4) is 0 Å². The zero-order valence-electron chi connectivity index (χ0n) is 22.4. The number of piperidine rings is 1. The van der Waals surface area contributed by atoms with Gasteiger partial charge in [0, 0.05) is 11.5 Å². The first-order valence-corrected chi connectivity index (χ1v) is 14.1. The smallest absolute Gasteiger partial charge is 0.407 e. The highest BCUT2D eigenvalue weighted by atomic mass is 16.5. The molecule has 1 heterocycles. The minimum atomic E-state index is -1.01. The second-order valence-corrected chi connectivity index (χ2v) is 10.6. The van der Waals surface area contributed by atoms with E-state index < -0.39 is 18.1 Å². The number of carboxylic acid groups (broad SMARTS) is 1. The van der Waals surface area contributed by atoms with Crippen molar-refractivity contribution in [1.82, 2.24) is 10.2 Å². The highest BCUT2D eigenvalue weighted by Crippen LogP contribution is 2.44. The van der Waals surface area contributed by atoms with Gasteiger partial charge in [-0.25, -0.2) is 9.59 Å². The van der Waals surface area contributed by atoms with Crippen LogP contribution in [-0.4, -0.2) is 53.3 Å². The fraction of sp³-hybridized carbons (Fsp3) is 0.548. The number of benzene rings is 2. The maximum absolute atomic E-state index is 12.8. The Balaban J connectivity index is 1.39. The molecule has 37 heavy (non-hydrogen) atoms. The second-order valence-electron chi connectivity index (χ2n) is 10.6. The molecule has 2 N–H and O–H groups in total. The van der Waals surface area contributed by atoms with Gasteiger partial charge in [-0.2, -0.15) is 0 Å². The molecule has 1 aliphatic heterocycles. The third-order valence-electron chi connectivity index (χ3n) is 8.51. The lowest BCUT2D eigenvalue weighted by Gasteiger charge is -2.46. The van der Waals surface area contributed by atoms with Crippen molar-refractivity contribution in [1.29, 1.82) is 0 Å². The van der Waals surface area contributed by atoms with E-state index >= 15 is 0 Å². The molecule has 1 amide bonds. The molecular formula is C31H42N2O4. The van der Waals surface area contributed by atoms with Gasteiger partial charge < -0.3 is 15.2 Å². The Morgan fingerprint density at radius 3 is 2.19 bits per heavy atom. The molecule has 0 spiro atoms. The van der Waals surface area contributed by atoms with Crippen LogP contribution in [0.5, 0.6) is 0 Å². The zero-order chi connectivity index (χ0) is 26.3. The summed E-state index contributed by atoms with van der Waals surface area (Å²) in [7, 11) is 0. The van der Waals surface area contributed by atoms with Gasteiger partial charge in [0.15, 0.2) is 0 Å². The average Bonchev–Trinajstić information content (AvgIpc) is 3.25. The molecule has 2 aromatic carbocycles. The van der Waals surface area contributed by atoms with Gasteiger partial charge in [0.1, 0.15) is 12.6 Å². The molecule has 1 aliphatic carbocycles. The van der Waals surface area contributed by atoms with E-state index in [0.29, 0.717) is 6.42 Å². The van der Waals surface area contributed by atoms with Gasteiger partial charge in [0.05, 0.1) is 0 Å². The number of carbonyl (C=O) groups excluding carboxylic acids is 1. The summed E-state index contributed by atoms with van der Waals surface area (Å²) in [5, 5.41) is 12.6. The Bertz CT molecular complexity index is 1020. The van der Waals surface area contributed by atoms with Crippen molar-refractivity contribution in [3.63, 3.8) is 0 Å². The monoisotopic (exact) mass is 506 g/mol. The predicted molar refractivity (Wildman–Crippen MR) is 147 cm³/mol.